The van der Waals surface area contributed by atoms with Crippen molar-refractivity contribution in [3.63, 3.8) is 0 Å². The third kappa shape index (κ3) is 5.62. The summed E-state index contributed by atoms with van der Waals surface area (Å²) < 4.78 is 6.36. The fourth-order valence-electron chi connectivity index (χ4n) is 3.17. The minimum Gasteiger partial charge on any atom is -0.508 e. The van der Waals surface area contributed by atoms with Crippen LogP contribution in [0, 0.1) is 5.92 Å². The largest absolute Gasteiger partial charge is 0.508 e. The van der Waals surface area contributed by atoms with E-state index in [1.54, 1.807) is 25.1 Å². The lowest BCUT2D eigenvalue weighted by molar-refractivity contribution is -0.124. The molecule has 3 aromatic carbocycles. The highest BCUT2D eigenvalue weighted by Crippen LogP contribution is 2.35. The fourth-order valence-corrected chi connectivity index (χ4v) is 3.55. The number of anilines is 1. The summed E-state index contributed by atoms with van der Waals surface area (Å²) in [4.78, 5) is 24.1. The van der Waals surface area contributed by atoms with Gasteiger partial charge in [-0.3, -0.25) is 15.3 Å². The number of carbonyl (C=O) groups excluding carboxylic acids is 2. The van der Waals surface area contributed by atoms with Crippen LogP contribution >= 0.6 is 15.9 Å². The molecule has 0 aliphatic carbocycles. The zero-order valence-electron chi connectivity index (χ0n) is 16.6. The second-order valence-electron chi connectivity index (χ2n) is 6.88. The first kappa shape index (κ1) is 22.3. The van der Waals surface area contributed by atoms with Gasteiger partial charge in [0.1, 0.15) is 11.9 Å². The van der Waals surface area contributed by atoms with Crippen molar-refractivity contribution < 1.29 is 24.6 Å². The Hall–Kier alpha value is -3.36. The number of benzene rings is 3. The molecule has 0 unspecified atom stereocenters. The molecule has 0 aliphatic rings. The van der Waals surface area contributed by atoms with Crippen molar-refractivity contribution in [2.75, 3.05) is 5.32 Å². The third-order valence-corrected chi connectivity index (χ3v) is 5.19. The van der Waals surface area contributed by atoms with Crippen molar-refractivity contribution >= 4 is 44.4 Å². The van der Waals surface area contributed by atoms with Crippen molar-refractivity contribution in [2.45, 2.75) is 13.0 Å². The molecule has 0 aliphatic heterocycles. The van der Waals surface area contributed by atoms with Gasteiger partial charge in [-0.2, -0.15) is 0 Å². The standard InChI is InChI=1S/C23H21BrN2O5/c1-14(9-12-21(28)26-30)22(18-13-16(24)10-11-20(18)27)31-23(29)25-19-8-4-6-15-5-2-3-7-17(15)19/h2-14,22,27,30H,1H3,(H,25,29)(H,26,28)/b12-9+/t14-,22-/m1/s1. The van der Waals surface area contributed by atoms with Gasteiger partial charge in [0, 0.05) is 27.4 Å². The van der Waals surface area contributed by atoms with Gasteiger partial charge in [0.15, 0.2) is 0 Å². The van der Waals surface area contributed by atoms with E-state index in [0.29, 0.717) is 15.7 Å². The minimum atomic E-state index is -0.907. The van der Waals surface area contributed by atoms with Gasteiger partial charge in [-0.05, 0) is 29.7 Å². The van der Waals surface area contributed by atoms with E-state index in [9.17, 15) is 14.7 Å². The first-order chi connectivity index (χ1) is 14.9. The maximum absolute atomic E-state index is 12.8. The van der Waals surface area contributed by atoms with Crippen molar-refractivity contribution in [1.82, 2.24) is 5.48 Å². The zero-order chi connectivity index (χ0) is 22.4. The van der Waals surface area contributed by atoms with Crippen molar-refractivity contribution in [2.24, 2.45) is 5.92 Å². The van der Waals surface area contributed by atoms with Crippen LogP contribution in [0.3, 0.4) is 0 Å². The number of halogens is 1. The number of nitrogens with one attached hydrogen (secondary N) is 2. The summed E-state index contributed by atoms with van der Waals surface area (Å²) in [5.74, 6) is -1.28. The highest BCUT2D eigenvalue weighted by atomic mass is 79.9. The molecule has 0 aromatic heterocycles. The van der Waals surface area contributed by atoms with Crippen LogP contribution in [-0.4, -0.2) is 22.3 Å². The third-order valence-electron chi connectivity index (χ3n) is 4.70. The van der Waals surface area contributed by atoms with Crippen LogP contribution < -0.4 is 10.8 Å². The first-order valence-electron chi connectivity index (χ1n) is 9.45. The predicted octanol–water partition coefficient (Wildman–Crippen LogP) is 5.30. The normalized spacial score (nSPS) is 13.0. The van der Waals surface area contributed by atoms with Crippen LogP contribution in [0.2, 0.25) is 0 Å². The number of phenols is 1. The molecule has 0 heterocycles. The van der Waals surface area contributed by atoms with Gasteiger partial charge < -0.3 is 9.84 Å². The molecule has 2 atom stereocenters. The molecular formula is C23H21BrN2O5. The van der Waals surface area contributed by atoms with Crippen LogP contribution in [0.4, 0.5) is 10.5 Å². The van der Waals surface area contributed by atoms with Crippen molar-refractivity contribution in [3.05, 3.63) is 82.9 Å². The molecule has 160 valence electrons. The summed E-state index contributed by atoms with van der Waals surface area (Å²) in [5.41, 5.74) is 2.46. The molecule has 3 aromatic rings. The Morgan fingerprint density at radius 3 is 2.61 bits per heavy atom. The zero-order valence-corrected chi connectivity index (χ0v) is 18.2. The van der Waals surface area contributed by atoms with Crippen LogP contribution in [0.1, 0.15) is 18.6 Å². The molecule has 2 amide bonds. The van der Waals surface area contributed by atoms with Gasteiger partial charge >= 0.3 is 6.09 Å². The number of hydrogen-bond donors (Lipinski definition) is 4. The topological polar surface area (TPSA) is 108 Å². The van der Waals surface area contributed by atoms with E-state index in [2.05, 4.69) is 21.2 Å². The molecule has 8 heteroatoms. The Kier molecular flexibility index (Phi) is 7.28. The number of hydroxylamine groups is 1. The van der Waals surface area contributed by atoms with Crippen LogP contribution in [-0.2, 0) is 9.53 Å². The van der Waals surface area contributed by atoms with Crippen LogP contribution in [0.15, 0.2) is 77.3 Å². The van der Waals surface area contributed by atoms with E-state index in [1.807, 2.05) is 36.4 Å². The summed E-state index contributed by atoms with van der Waals surface area (Å²) in [6.07, 6.45) is 0.975. The Morgan fingerprint density at radius 1 is 1.10 bits per heavy atom. The molecule has 0 bridgehead atoms. The average Bonchev–Trinajstić information content (AvgIpc) is 2.77. The molecule has 7 nitrogen and oxygen atoms in total. The van der Waals surface area contributed by atoms with Gasteiger partial charge in [-0.25, -0.2) is 10.3 Å². The number of phenolic OH excluding ortho intramolecular Hbond substituents is 1. The van der Waals surface area contributed by atoms with Crippen molar-refractivity contribution in [1.29, 1.82) is 0 Å². The summed E-state index contributed by atoms with van der Waals surface area (Å²) in [7, 11) is 0. The quantitative estimate of drug-likeness (QED) is 0.216. The van der Waals surface area contributed by atoms with E-state index in [-0.39, 0.29) is 5.75 Å². The van der Waals surface area contributed by atoms with Gasteiger partial charge in [-0.15, -0.1) is 0 Å². The molecule has 0 spiro atoms. The van der Waals surface area contributed by atoms with Crippen LogP contribution in [0.5, 0.6) is 5.75 Å². The average molecular weight is 485 g/mol. The molecule has 4 N–H and O–H groups in total. The van der Waals surface area contributed by atoms with E-state index in [0.717, 1.165) is 16.8 Å². The number of carbonyl (C=O) groups is 2. The molecule has 3 rings (SSSR count). The summed E-state index contributed by atoms with van der Waals surface area (Å²) >= 11 is 3.35. The summed E-state index contributed by atoms with van der Waals surface area (Å²) in [5, 5.41) is 23.6. The Bertz CT molecular complexity index is 1130. The summed E-state index contributed by atoms with van der Waals surface area (Å²) in [6.45, 7) is 1.72. The number of aromatic hydroxyl groups is 1. The lowest BCUT2D eigenvalue weighted by atomic mass is 9.96. The monoisotopic (exact) mass is 484 g/mol. The lowest BCUT2D eigenvalue weighted by Gasteiger charge is -2.24. The number of fused-ring (bicyclic) bond motifs is 1. The van der Waals surface area contributed by atoms with Crippen molar-refractivity contribution in [3.8, 4) is 5.75 Å². The Labute approximate surface area is 187 Å². The van der Waals surface area contributed by atoms with Gasteiger partial charge in [0.25, 0.3) is 5.91 Å². The second-order valence-corrected chi connectivity index (χ2v) is 7.79. The SMILES string of the molecule is C[C@H](/C=C/C(=O)NO)[C@@H](OC(=O)Nc1cccc2ccccc12)c1cc(Br)ccc1O. The molecule has 31 heavy (non-hydrogen) atoms. The first-order valence-corrected chi connectivity index (χ1v) is 10.2. The number of amides is 2. The number of ether oxygens (including phenoxy) is 1. The van der Waals surface area contributed by atoms with Crippen LogP contribution in [0.25, 0.3) is 10.8 Å². The van der Waals surface area contributed by atoms with E-state index < -0.39 is 24.0 Å². The van der Waals surface area contributed by atoms with Gasteiger partial charge in [0.05, 0.1) is 5.69 Å². The maximum atomic E-state index is 12.8. The molecule has 0 radical (unpaired) electrons. The molecule has 0 saturated heterocycles. The molecular weight excluding hydrogens is 464 g/mol. The maximum Gasteiger partial charge on any atom is 0.412 e. The van der Waals surface area contributed by atoms with E-state index >= 15 is 0 Å². The Morgan fingerprint density at radius 2 is 1.84 bits per heavy atom. The minimum absolute atomic E-state index is 0.0574. The summed E-state index contributed by atoms with van der Waals surface area (Å²) in [6, 6.07) is 17.9. The second kappa shape index (κ2) is 10.1. The highest BCUT2D eigenvalue weighted by molar-refractivity contribution is 9.10. The molecule has 0 fully saturated rings. The van der Waals surface area contributed by atoms with Gasteiger partial charge in [-0.1, -0.05) is 65.3 Å². The Balaban J connectivity index is 1.88. The van der Waals surface area contributed by atoms with Gasteiger partial charge in [0.2, 0.25) is 0 Å². The highest BCUT2D eigenvalue weighted by Gasteiger charge is 2.25. The molecule has 0 saturated carbocycles. The number of rotatable bonds is 6. The van der Waals surface area contributed by atoms with E-state index in [1.165, 1.54) is 17.6 Å². The lowest BCUT2D eigenvalue weighted by Crippen LogP contribution is -2.22. The van der Waals surface area contributed by atoms with E-state index in [4.69, 9.17) is 9.94 Å². The number of hydrogen-bond acceptors (Lipinski definition) is 5. The predicted molar refractivity (Wildman–Crippen MR) is 121 cm³/mol. The smallest absolute Gasteiger partial charge is 0.412 e. The fraction of sp³-hybridized carbons (Fsp3) is 0.130.